The maximum Gasteiger partial charge on any atom is 0.248 e. The van der Waals surface area contributed by atoms with E-state index < -0.39 is 0 Å². The summed E-state index contributed by atoms with van der Waals surface area (Å²) in [7, 11) is 0. The third-order valence-electron chi connectivity index (χ3n) is 6.96. The minimum atomic E-state index is 0.437. The standard InChI is InChI=1S/C34H38N4O4/c1-3-5-7-9-23-39-29-19-15-27(16-20-29)33-37-35-31(41-33)25-11-13-26(14-12-25)32-36-38-34(42-32)28-17-21-30(22-18-28)40-24-10-8-6-4-2/h11-22H,3-10,23-24H2,1-2H3. The predicted octanol–water partition coefficient (Wildman–Crippen LogP) is 9.04. The summed E-state index contributed by atoms with van der Waals surface area (Å²) in [5, 5.41) is 16.9. The van der Waals surface area contributed by atoms with Crippen molar-refractivity contribution in [3.8, 4) is 57.3 Å². The molecule has 0 radical (unpaired) electrons. The van der Waals surface area contributed by atoms with E-state index in [1.54, 1.807) is 0 Å². The van der Waals surface area contributed by atoms with E-state index in [0.717, 1.165) is 59.8 Å². The minimum absolute atomic E-state index is 0.437. The van der Waals surface area contributed by atoms with E-state index in [1.165, 1.54) is 38.5 Å². The Morgan fingerprint density at radius 2 is 0.738 bits per heavy atom. The van der Waals surface area contributed by atoms with E-state index in [-0.39, 0.29) is 0 Å². The van der Waals surface area contributed by atoms with Crippen molar-refractivity contribution in [2.75, 3.05) is 13.2 Å². The van der Waals surface area contributed by atoms with Gasteiger partial charge >= 0.3 is 0 Å². The predicted molar refractivity (Wildman–Crippen MR) is 163 cm³/mol. The highest BCUT2D eigenvalue weighted by molar-refractivity contribution is 5.64. The summed E-state index contributed by atoms with van der Waals surface area (Å²) >= 11 is 0. The molecule has 0 atom stereocenters. The molecule has 0 N–H and O–H groups in total. The molecular weight excluding hydrogens is 528 g/mol. The Kier molecular flexibility index (Phi) is 10.3. The van der Waals surface area contributed by atoms with E-state index in [0.29, 0.717) is 23.6 Å². The molecule has 0 spiro atoms. The van der Waals surface area contributed by atoms with Gasteiger partial charge < -0.3 is 18.3 Å². The molecule has 0 saturated heterocycles. The van der Waals surface area contributed by atoms with Crippen LogP contribution in [0.15, 0.2) is 81.6 Å². The van der Waals surface area contributed by atoms with Gasteiger partial charge in [0.15, 0.2) is 0 Å². The van der Waals surface area contributed by atoms with Crippen molar-refractivity contribution in [1.82, 2.24) is 20.4 Å². The molecule has 2 aromatic heterocycles. The summed E-state index contributed by atoms with van der Waals surface area (Å²) in [5.41, 5.74) is 3.28. The zero-order valence-corrected chi connectivity index (χ0v) is 24.4. The summed E-state index contributed by atoms with van der Waals surface area (Å²) in [4.78, 5) is 0. The van der Waals surface area contributed by atoms with Crippen LogP contribution in [0.4, 0.5) is 0 Å². The van der Waals surface area contributed by atoms with Crippen LogP contribution in [0.5, 0.6) is 11.5 Å². The number of hydrogen-bond donors (Lipinski definition) is 0. The zero-order valence-electron chi connectivity index (χ0n) is 24.4. The number of benzene rings is 3. The molecule has 0 amide bonds. The third kappa shape index (κ3) is 7.84. The van der Waals surface area contributed by atoms with Crippen molar-refractivity contribution in [3.05, 3.63) is 72.8 Å². The van der Waals surface area contributed by atoms with Crippen LogP contribution in [0.3, 0.4) is 0 Å². The normalized spacial score (nSPS) is 11.1. The van der Waals surface area contributed by atoms with Gasteiger partial charge in [-0.05, 0) is 85.6 Å². The van der Waals surface area contributed by atoms with Crippen LogP contribution >= 0.6 is 0 Å². The molecule has 0 aliphatic carbocycles. The molecule has 0 aliphatic rings. The Hall–Kier alpha value is -4.46. The fourth-order valence-corrected chi connectivity index (χ4v) is 4.49. The molecule has 2 heterocycles. The number of aromatic nitrogens is 4. The highest BCUT2D eigenvalue weighted by Crippen LogP contribution is 2.29. The lowest BCUT2D eigenvalue weighted by Crippen LogP contribution is -1.96. The number of nitrogens with zero attached hydrogens (tertiary/aromatic N) is 4. The molecule has 0 fully saturated rings. The van der Waals surface area contributed by atoms with Gasteiger partial charge in [0.1, 0.15) is 11.5 Å². The van der Waals surface area contributed by atoms with Gasteiger partial charge in [-0.3, -0.25) is 0 Å². The molecule has 3 aromatic carbocycles. The summed E-state index contributed by atoms with van der Waals surface area (Å²) < 4.78 is 23.6. The third-order valence-corrected chi connectivity index (χ3v) is 6.96. The van der Waals surface area contributed by atoms with E-state index in [1.807, 2.05) is 72.8 Å². The molecule has 8 nitrogen and oxygen atoms in total. The average molecular weight is 567 g/mol. The van der Waals surface area contributed by atoms with E-state index in [4.69, 9.17) is 18.3 Å². The quantitative estimate of drug-likeness (QED) is 0.109. The van der Waals surface area contributed by atoms with Gasteiger partial charge in [0.2, 0.25) is 23.6 Å². The van der Waals surface area contributed by atoms with Gasteiger partial charge in [-0.1, -0.05) is 52.4 Å². The van der Waals surface area contributed by atoms with E-state index in [2.05, 4.69) is 34.2 Å². The van der Waals surface area contributed by atoms with E-state index in [9.17, 15) is 0 Å². The van der Waals surface area contributed by atoms with Crippen molar-refractivity contribution in [1.29, 1.82) is 0 Å². The van der Waals surface area contributed by atoms with Crippen LogP contribution in [-0.4, -0.2) is 33.6 Å². The topological polar surface area (TPSA) is 96.3 Å². The van der Waals surface area contributed by atoms with Crippen LogP contribution in [0, 0.1) is 0 Å². The fraction of sp³-hybridized carbons (Fsp3) is 0.353. The molecule has 218 valence electrons. The molecule has 0 bridgehead atoms. The summed E-state index contributed by atoms with van der Waals surface area (Å²) in [6.45, 7) is 5.87. The van der Waals surface area contributed by atoms with Gasteiger partial charge in [0.25, 0.3) is 0 Å². The van der Waals surface area contributed by atoms with Crippen LogP contribution in [0.25, 0.3) is 45.8 Å². The number of rotatable bonds is 16. The van der Waals surface area contributed by atoms with Gasteiger partial charge in [-0.15, -0.1) is 20.4 Å². The van der Waals surface area contributed by atoms with Gasteiger partial charge in [-0.25, -0.2) is 0 Å². The molecule has 0 saturated carbocycles. The van der Waals surface area contributed by atoms with E-state index >= 15 is 0 Å². The lowest BCUT2D eigenvalue weighted by molar-refractivity contribution is 0.305. The van der Waals surface area contributed by atoms with Crippen molar-refractivity contribution < 1.29 is 18.3 Å². The Labute approximate surface area is 247 Å². The highest BCUT2D eigenvalue weighted by atomic mass is 16.5. The smallest absolute Gasteiger partial charge is 0.248 e. The average Bonchev–Trinajstić information content (AvgIpc) is 3.73. The fourth-order valence-electron chi connectivity index (χ4n) is 4.49. The Bertz CT molecular complexity index is 1380. The van der Waals surface area contributed by atoms with Crippen LogP contribution in [0.2, 0.25) is 0 Å². The molecule has 5 rings (SSSR count). The second-order valence-corrected chi connectivity index (χ2v) is 10.3. The molecular formula is C34H38N4O4. The first-order valence-corrected chi connectivity index (χ1v) is 15.0. The van der Waals surface area contributed by atoms with Crippen molar-refractivity contribution in [2.45, 2.75) is 65.2 Å². The van der Waals surface area contributed by atoms with Crippen molar-refractivity contribution >= 4 is 0 Å². The highest BCUT2D eigenvalue weighted by Gasteiger charge is 2.14. The summed E-state index contributed by atoms with van der Waals surface area (Å²) in [6.07, 6.45) is 9.45. The number of ether oxygens (including phenoxy) is 2. The Morgan fingerprint density at radius 1 is 0.429 bits per heavy atom. The van der Waals surface area contributed by atoms with Crippen molar-refractivity contribution in [2.24, 2.45) is 0 Å². The number of unbranched alkanes of at least 4 members (excludes halogenated alkanes) is 6. The van der Waals surface area contributed by atoms with Crippen LogP contribution in [-0.2, 0) is 0 Å². The molecule has 5 aromatic rings. The van der Waals surface area contributed by atoms with Gasteiger partial charge in [-0.2, -0.15) is 0 Å². The Morgan fingerprint density at radius 3 is 1.05 bits per heavy atom. The van der Waals surface area contributed by atoms with Crippen LogP contribution in [0.1, 0.15) is 65.2 Å². The first-order valence-electron chi connectivity index (χ1n) is 15.0. The largest absolute Gasteiger partial charge is 0.494 e. The minimum Gasteiger partial charge on any atom is -0.494 e. The molecule has 0 aliphatic heterocycles. The van der Waals surface area contributed by atoms with Gasteiger partial charge in [0, 0.05) is 22.3 Å². The Balaban J connectivity index is 1.16. The van der Waals surface area contributed by atoms with Crippen molar-refractivity contribution in [3.63, 3.8) is 0 Å². The lowest BCUT2D eigenvalue weighted by Gasteiger charge is -2.06. The summed E-state index contributed by atoms with van der Waals surface area (Å²) in [6, 6.07) is 23.1. The lowest BCUT2D eigenvalue weighted by atomic mass is 10.1. The zero-order chi connectivity index (χ0) is 29.0. The first-order chi connectivity index (χ1) is 20.7. The molecule has 8 heteroatoms. The SMILES string of the molecule is CCCCCCOc1ccc(-c2nnc(-c3ccc(-c4nnc(-c5ccc(OCCCCCC)cc5)o4)cc3)o2)cc1. The van der Waals surface area contributed by atoms with Gasteiger partial charge in [0.05, 0.1) is 13.2 Å². The second-order valence-electron chi connectivity index (χ2n) is 10.3. The summed E-state index contributed by atoms with van der Waals surface area (Å²) in [5.74, 6) is 3.47. The molecule has 0 unspecified atom stereocenters. The molecule has 42 heavy (non-hydrogen) atoms. The maximum atomic E-state index is 5.96. The van der Waals surface area contributed by atoms with Crippen LogP contribution < -0.4 is 9.47 Å². The first kappa shape index (κ1) is 29.0. The monoisotopic (exact) mass is 566 g/mol. The number of hydrogen-bond acceptors (Lipinski definition) is 8. The maximum absolute atomic E-state index is 5.96. The second kappa shape index (κ2) is 15.0.